The Morgan fingerprint density at radius 1 is 1.21 bits per heavy atom. The van der Waals surface area contributed by atoms with Gasteiger partial charge in [-0.15, -0.1) is 0 Å². The largest absolute Gasteiger partial charge is 0.324 e. The van der Waals surface area contributed by atoms with Gasteiger partial charge in [-0.2, -0.15) is 5.10 Å². The molecule has 5 heteroatoms. The van der Waals surface area contributed by atoms with Gasteiger partial charge in [0.2, 0.25) is 5.91 Å². The zero-order valence-corrected chi connectivity index (χ0v) is 14.3. The van der Waals surface area contributed by atoms with Crippen molar-refractivity contribution in [2.45, 2.75) is 13.5 Å². The van der Waals surface area contributed by atoms with Gasteiger partial charge in [0, 0.05) is 35.9 Å². The molecule has 1 N–H and O–H groups in total. The number of amides is 1. The van der Waals surface area contributed by atoms with E-state index in [-0.39, 0.29) is 5.91 Å². The van der Waals surface area contributed by atoms with E-state index in [1.807, 2.05) is 79.3 Å². The van der Waals surface area contributed by atoms with Crippen molar-refractivity contribution in [2.75, 3.05) is 18.9 Å². The molecular formula is C19H22N4O. The molecule has 124 valence electrons. The van der Waals surface area contributed by atoms with Crippen LogP contribution in [-0.4, -0.2) is 34.2 Å². The van der Waals surface area contributed by atoms with Crippen LogP contribution in [0.2, 0.25) is 0 Å². The average Bonchev–Trinajstić information content (AvgIpc) is 2.87. The van der Waals surface area contributed by atoms with Gasteiger partial charge in [0.1, 0.15) is 0 Å². The van der Waals surface area contributed by atoms with E-state index in [0.29, 0.717) is 13.1 Å². The van der Waals surface area contributed by atoms with Crippen LogP contribution in [0.15, 0.2) is 48.7 Å². The Morgan fingerprint density at radius 3 is 2.71 bits per heavy atom. The Kier molecular flexibility index (Phi) is 4.62. The number of aromatic nitrogens is 2. The fourth-order valence-electron chi connectivity index (χ4n) is 2.82. The van der Waals surface area contributed by atoms with Gasteiger partial charge in [-0.25, -0.2) is 0 Å². The molecule has 5 nitrogen and oxygen atoms in total. The summed E-state index contributed by atoms with van der Waals surface area (Å²) in [6, 6.07) is 14.0. The van der Waals surface area contributed by atoms with E-state index in [1.165, 1.54) is 0 Å². The summed E-state index contributed by atoms with van der Waals surface area (Å²) in [6.45, 7) is 3.06. The molecule has 1 amide bonds. The number of rotatable bonds is 5. The van der Waals surface area contributed by atoms with Crippen molar-refractivity contribution in [1.82, 2.24) is 14.7 Å². The molecular weight excluding hydrogens is 300 g/mol. The lowest BCUT2D eigenvalue weighted by molar-refractivity contribution is -0.117. The maximum Gasteiger partial charge on any atom is 0.238 e. The number of carbonyl (C=O) groups excluding carboxylic acids is 1. The van der Waals surface area contributed by atoms with Crippen molar-refractivity contribution < 1.29 is 4.79 Å². The summed E-state index contributed by atoms with van der Waals surface area (Å²) in [4.78, 5) is 14.4. The summed E-state index contributed by atoms with van der Waals surface area (Å²) < 4.78 is 1.85. The second-order valence-corrected chi connectivity index (χ2v) is 6.13. The summed E-state index contributed by atoms with van der Waals surface area (Å²) in [6.07, 6.45) is 1.86. The van der Waals surface area contributed by atoms with E-state index in [0.717, 1.165) is 27.7 Å². The van der Waals surface area contributed by atoms with Gasteiger partial charge in [0.15, 0.2) is 0 Å². The predicted molar refractivity (Wildman–Crippen MR) is 96.9 cm³/mol. The van der Waals surface area contributed by atoms with Crippen LogP contribution in [0, 0.1) is 6.92 Å². The monoisotopic (exact) mass is 322 g/mol. The third-order valence-corrected chi connectivity index (χ3v) is 4.25. The van der Waals surface area contributed by atoms with E-state index >= 15 is 0 Å². The van der Waals surface area contributed by atoms with Crippen molar-refractivity contribution in [3.05, 3.63) is 59.9 Å². The number of benzene rings is 2. The van der Waals surface area contributed by atoms with E-state index in [4.69, 9.17) is 0 Å². The van der Waals surface area contributed by atoms with E-state index in [2.05, 4.69) is 10.4 Å². The lowest BCUT2D eigenvalue weighted by atomic mass is 10.1. The number of aryl methyl sites for hydroxylation is 1. The Labute approximate surface area is 141 Å². The van der Waals surface area contributed by atoms with Gasteiger partial charge >= 0.3 is 0 Å². The first-order valence-corrected chi connectivity index (χ1v) is 7.98. The summed E-state index contributed by atoms with van der Waals surface area (Å²) in [5.41, 5.74) is 3.11. The van der Waals surface area contributed by atoms with E-state index in [9.17, 15) is 4.79 Å². The topological polar surface area (TPSA) is 50.2 Å². The zero-order chi connectivity index (χ0) is 17.1. The summed E-state index contributed by atoms with van der Waals surface area (Å²) in [5.74, 6) is -0.0182. The van der Waals surface area contributed by atoms with Gasteiger partial charge in [0.25, 0.3) is 0 Å². The van der Waals surface area contributed by atoms with Crippen LogP contribution in [0.1, 0.15) is 11.3 Å². The molecule has 0 saturated heterocycles. The van der Waals surface area contributed by atoms with Crippen LogP contribution in [0.5, 0.6) is 0 Å². The molecule has 0 aliphatic rings. The second-order valence-electron chi connectivity index (χ2n) is 6.13. The molecule has 1 heterocycles. The molecule has 3 aromatic rings. The minimum Gasteiger partial charge on any atom is -0.324 e. The fraction of sp³-hybridized carbons (Fsp3) is 0.263. The van der Waals surface area contributed by atoms with Crippen molar-refractivity contribution in [2.24, 2.45) is 7.05 Å². The number of hydrogen-bond acceptors (Lipinski definition) is 3. The van der Waals surface area contributed by atoms with Crippen molar-refractivity contribution >= 4 is 22.4 Å². The highest BCUT2D eigenvalue weighted by atomic mass is 16.2. The van der Waals surface area contributed by atoms with Crippen molar-refractivity contribution in [3.8, 4) is 0 Å². The summed E-state index contributed by atoms with van der Waals surface area (Å²) in [5, 5.41) is 9.43. The highest BCUT2D eigenvalue weighted by Gasteiger charge is 2.11. The molecule has 2 aromatic carbocycles. The lowest BCUT2D eigenvalue weighted by Crippen LogP contribution is -2.30. The first-order valence-electron chi connectivity index (χ1n) is 7.98. The Bertz CT molecular complexity index is 863. The minimum absolute atomic E-state index is 0.0182. The maximum atomic E-state index is 12.4. The van der Waals surface area contributed by atoms with Crippen LogP contribution in [0.25, 0.3) is 10.8 Å². The minimum atomic E-state index is -0.0182. The number of nitrogens with one attached hydrogen (secondary N) is 1. The van der Waals surface area contributed by atoms with Crippen LogP contribution >= 0.6 is 0 Å². The molecule has 1 aromatic heterocycles. The molecule has 0 saturated carbocycles. The smallest absolute Gasteiger partial charge is 0.238 e. The van der Waals surface area contributed by atoms with Gasteiger partial charge in [-0.05, 0) is 25.4 Å². The number of anilines is 1. The summed E-state index contributed by atoms with van der Waals surface area (Å²) in [7, 11) is 3.86. The van der Waals surface area contributed by atoms with E-state index in [1.54, 1.807) is 0 Å². The first-order chi connectivity index (χ1) is 11.5. The normalized spacial score (nSPS) is 11.2. The third-order valence-electron chi connectivity index (χ3n) is 4.25. The van der Waals surface area contributed by atoms with Gasteiger partial charge < -0.3 is 5.32 Å². The predicted octanol–water partition coefficient (Wildman–Crippen LogP) is 2.95. The number of fused-ring (bicyclic) bond motifs is 1. The van der Waals surface area contributed by atoms with Gasteiger partial charge in [-0.1, -0.05) is 36.4 Å². The number of likely N-dealkylation sites (N-methyl/N-ethyl adjacent to an activating group) is 1. The van der Waals surface area contributed by atoms with E-state index < -0.39 is 0 Å². The van der Waals surface area contributed by atoms with Crippen molar-refractivity contribution in [1.29, 1.82) is 0 Å². The number of carbonyl (C=O) groups is 1. The molecule has 3 rings (SSSR count). The quantitative estimate of drug-likeness (QED) is 0.786. The first kappa shape index (κ1) is 16.2. The molecule has 0 spiro atoms. The molecule has 0 unspecified atom stereocenters. The molecule has 24 heavy (non-hydrogen) atoms. The fourth-order valence-corrected chi connectivity index (χ4v) is 2.82. The molecule has 0 radical (unpaired) electrons. The number of hydrogen-bond donors (Lipinski definition) is 1. The Balaban J connectivity index is 1.65. The third kappa shape index (κ3) is 3.46. The highest BCUT2D eigenvalue weighted by molar-refractivity contribution is 6.02. The molecule has 0 atom stereocenters. The van der Waals surface area contributed by atoms with Crippen LogP contribution < -0.4 is 5.32 Å². The van der Waals surface area contributed by atoms with Crippen LogP contribution in [-0.2, 0) is 18.4 Å². The van der Waals surface area contributed by atoms with Crippen molar-refractivity contribution in [3.63, 3.8) is 0 Å². The standard InChI is InChI=1S/C19H22N4O/c1-14-16(11-20-23(14)3)12-22(2)13-19(24)21-18-10-6-8-15-7-4-5-9-17(15)18/h4-11H,12-13H2,1-3H3,(H,21,24). The molecule has 0 bridgehead atoms. The zero-order valence-electron chi connectivity index (χ0n) is 14.3. The van der Waals surface area contributed by atoms with Crippen LogP contribution in [0.3, 0.4) is 0 Å². The number of nitrogens with zero attached hydrogens (tertiary/aromatic N) is 3. The Morgan fingerprint density at radius 2 is 1.96 bits per heavy atom. The average molecular weight is 322 g/mol. The molecule has 0 fully saturated rings. The summed E-state index contributed by atoms with van der Waals surface area (Å²) >= 11 is 0. The second kappa shape index (κ2) is 6.84. The molecule has 0 aliphatic carbocycles. The molecule has 0 aliphatic heterocycles. The van der Waals surface area contributed by atoms with Gasteiger partial charge in [0.05, 0.1) is 12.7 Å². The SMILES string of the molecule is Cc1c(CN(C)CC(=O)Nc2cccc3ccccc23)cnn1C. The van der Waals surface area contributed by atoms with Gasteiger partial charge in [-0.3, -0.25) is 14.4 Å². The Hall–Kier alpha value is -2.66. The highest BCUT2D eigenvalue weighted by Crippen LogP contribution is 2.22. The lowest BCUT2D eigenvalue weighted by Gasteiger charge is -2.16. The van der Waals surface area contributed by atoms with Crippen LogP contribution in [0.4, 0.5) is 5.69 Å². The maximum absolute atomic E-state index is 12.4.